The molecule has 0 bridgehead atoms. The van der Waals surface area contributed by atoms with E-state index in [9.17, 15) is 19.5 Å². The molecule has 2 aromatic rings. The third-order valence-electron chi connectivity index (χ3n) is 4.36. The number of hydrogen-bond acceptors (Lipinski definition) is 4. The first-order valence-electron chi connectivity index (χ1n) is 8.13. The van der Waals surface area contributed by atoms with Crippen LogP contribution in [0.2, 0.25) is 0 Å². The molecule has 1 aromatic heterocycles. The van der Waals surface area contributed by atoms with Gasteiger partial charge in [0.25, 0.3) is 5.91 Å². The van der Waals surface area contributed by atoms with Gasteiger partial charge in [0.15, 0.2) is 0 Å². The normalized spacial score (nSPS) is 19.2. The number of benzene rings is 1. The fourth-order valence-electron chi connectivity index (χ4n) is 2.78. The lowest BCUT2D eigenvalue weighted by Gasteiger charge is -2.19. The Morgan fingerprint density at radius 2 is 1.85 bits per heavy atom. The molecule has 1 aliphatic rings. The van der Waals surface area contributed by atoms with Gasteiger partial charge in [-0.3, -0.25) is 14.9 Å². The summed E-state index contributed by atoms with van der Waals surface area (Å²) < 4.78 is 0. The minimum atomic E-state index is -0.899. The Labute approximate surface area is 154 Å². The fraction of sp³-hybridized carbons (Fsp3) is 0.278. The number of carboxylic acids is 1. The summed E-state index contributed by atoms with van der Waals surface area (Å²) in [6, 6.07) is 11.9. The van der Waals surface area contributed by atoms with E-state index in [1.807, 2.05) is 18.2 Å². The number of carbonyl (C=O) groups excluding carboxylic acids is 2. The molecule has 0 saturated carbocycles. The van der Waals surface area contributed by atoms with Gasteiger partial charge < -0.3 is 15.3 Å². The van der Waals surface area contributed by atoms with E-state index in [1.54, 1.807) is 36.1 Å². The van der Waals surface area contributed by atoms with E-state index >= 15 is 0 Å². The lowest BCUT2D eigenvalue weighted by molar-refractivity contribution is -0.147. The van der Waals surface area contributed by atoms with E-state index in [1.165, 1.54) is 0 Å². The van der Waals surface area contributed by atoms with Crippen molar-refractivity contribution in [3.63, 3.8) is 0 Å². The van der Waals surface area contributed by atoms with Crippen molar-refractivity contribution >= 4 is 39.9 Å². The van der Waals surface area contributed by atoms with Gasteiger partial charge in [0.1, 0.15) is 0 Å². The van der Waals surface area contributed by atoms with Crippen LogP contribution in [0.1, 0.15) is 23.0 Å². The Balaban J connectivity index is 1.60. The fourth-order valence-corrected chi connectivity index (χ4v) is 3.65. The van der Waals surface area contributed by atoms with Gasteiger partial charge in [-0.25, -0.2) is 4.79 Å². The Bertz CT molecular complexity index is 836. The molecule has 2 heterocycles. The largest absolute Gasteiger partial charge is 0.481 e. The second kappa shape index (κ2) is 7.17. The summed E-state index contributed by atoms with van der Waals surface area (Å²) in [5.41, 5.74) is -0.230. The zero-order valence-electron chi connectivity index (χ0n) is 14.2. The van der Waals surface area contributed by atoms with Crippen LogP contribution in [0.4, 0.5) is 15.5 Å². The van der Waals surface area contributed by atoms with Crippen molar-refractivity contribution in [1.29, 1.82) is 0 Å². The number of hydrogen-bond donors (Lipinski definition) is 3. The number of thiophene rings is 1. The van der Waals surface area contributed by atoms with E-state index in [0.29, 0.717) is 28.5 Å². The minimum absolute atomic E-state index is 0.191. The predicted octanol–water partition coefficient (Wildman–Crippen LogP) is 3.33. The van der Waals surface area contributed by atoms with E-state index in [2.05, 4.69) is 10.6 Å². The summed E-state index contributed by atoms with van der Waals surface area (Å²) in [6.07, 6.45) is 0.435. The standard InChI is InChI=1S/C18H19N3O4S/c1-18(16(23)24)9-10-21(11-18)15(22)13-7-8-14(26-13)20-17(25)19-12-5-3-2-4-6-12/h2-8H,9-11H2,1H3,(H,23,24)(H2,19,20,25). The average molecular weight is 373 g/mol. The lowest BCUT2D eigenvalue weighted by Crippen LogP contribution is -2.34. The average Bonchev–Trinajstić information content (AvgIpc) is 3.23. The summed E-state index contributed by atoms with van der Waals surface area (Å²) in [5.74, 6) is -1.10. The number of rotatable bonds is 4. The number of aliphatic carboxylic acids is 1. The highest BCUT2D eigenvalue weighted by Crippen LogP contribution is 2.32. The first-order valence-corrected chi connectivity index (χ1v) is 8.95. The number of urea groups is 1. The highest BCUT2D eigenvalue weighted by molar-refractivity contribution is 7.18. The Kier molecular flexibility index (Phi) is 4.94. The van der Waals surface area contributed by atoms with Crippen LogP contribution in [-0.4, -0.2) is 41.0 Å². The van der Waals surface area contributed by atoms with Crippen molar-refractivity contribution in [2.45, 2.75) is 13.3 Å². The van der Waals surface area contributed by atoms with Crippen LogP contribution < -0.4 is 10.6 Å². The number of para-hydroxylation sites is 1. The molecule has 136 valence electrons. The molecule has 3 N–H and O–H groups in total. The van der Waals surface area contributed by atoms with Crippen LogP contribution in [0.3, 0.4) is 0 Å². The van der Waals surface area contributed by atoms with Gasteiger partial charge in [0.2, 0.25) is 0 Å². The molecule has 3 rings (SSSR count). The minimum Gasteiger partial charge on any atom is -0.481 e. The predicted molar refractivity (Wildman–Crippen MR) is 99.7 cm³/mol. The maximum absolute atomic E-state index is 12.6. The lowest BCUT2D eigenvalue weighted by atomic mass is 9.90. The molecule has 1 aromatic carbocycles. The highest BCUT2D eigenvalue weighted by atomic mass is 32.1. The molecule has 7 nitrogen and oxygen atoms in total. The monoisotopic (exact) mass is 373 g/mol. The highest BCUT2D eigenvalue weighted by Gasteiger charge is 2.42. The summed E-state index contributed by atoms with van der Waals surface area (Å²) >= 11 is 1.16. The van der Waals surface area contributed by atoms with Crippen LogP contribution in [0.25, 0.3) is 0 Å². The van der Waals surface area contributed by atoms with E-state index in [0.717, 1.165) is 11.3 Å². The van der Waals surface area contributed by atoms with Crippen LogP contribution in [0.15, 0.2) is 42.5 Å². The number of nitrogens with zero attached hydrogens (tertiary/aromatic N) is 1. The molecule has 0 radical (unpaired) electrons. The van der Waals surface area contributed by atoms with Crippen LogP contribution in [0.5, 0.6) is 0 Å². The van der Waals surface area contributed by atoms with Crippen LogP contribution >= 0.6 is 11.3 Å². The molecule has 1 aliphatic heterocycles. The summed E-state index contributed by atoms with van der Waals surface area (Å²) in [4.78, 5) is 37.9. The molecule has 8 heteroatoms. The second-order valence-electron chi connectivity index (χ2n) is 6.45. The zero-order valence-corrected chi connectivity index (χ0v) is 15.0. The molecule has 1 saturated heterocycles. The smallest absolute Gasteiger partial charge is 0.324 e. The number of amides is 3. The molecule has 3 amide bonds. The molecular weight excluding hydrogens is 354 g/mol. The third kappa shape index (κ3) is 3.85. The van der Waals surface area contributed by atoms with E-state index < -0.39 is 17.4 Å². The maximum atomic E-state index is 12.6. The van der Waals surface area contributed by atoms with Crippen molar-refractivity contribution in [3.05, 3.63) is 47.3 Å². The molecule has 1 unspecified atom stereocenters. The van der Waals surface area contributed by atoms with Crippen molar-refractivity contribution < 1.29 is 19.5 Å². The molecule has 0 aliphatic carbocycles. The van der Waals surface area contributed by atoms with Gasteiger partial charge in [0.05, 0.1) is 15.3 Å². The molecule has 1 atom stereocenters. The maximum Gasteiger partial charge on any atom is 0.324 e. The topological polar surface area (TPSA) is 98.7 Å². The van der Waals surface area contributed by atoms with Crippen LogP contribution in [0, 0.1) is 5.41 Å². The second-order valence-corrected chi connectivity index (χ2v) is 7.54. The Morgan fingerprint density at radius 3 is 2.50 bits per heavy atom. The number of carbonyl (C=O) groups is 3. The molecule has 26 heavy (non-hydrogen) atoms. The quantitative estimate of drug-likeness (QED) is 0.765. The van der Waals surface area contributed by atoms with Gasteiger partial charge in [-0.05, 0) is 37.6 Å². The van der Waals surface area contributed by atoms with Crippen molar-refractivity contribution in [3.8, 4) is 0 Å². The third-order valence-corrected chi connectivity index (χ3v) is 5.35. The Morgan fingerprint density at radius 1 is 1.12 bits per heavy atom. The number of anilines is 2. The van der Waals surface area contributed by atoms with Gasteiger partial charge in [0, 0.05) is 18.8 Å². The molecule has 0 spiro atoms. The number of nitrogens with one attached hydrogen (secondary N) is 2. The zero-order chi connectivity index (χ0) is 18.7. The summed E-state index contributed by atoms with van der Waals surface area (Å²) in [7, 11) is 0. The van der Waals surface area contributed by atoms with Crippen molar-refractivity contribution in [2.75, 3.05) is 23.7 Å². The summed E-state index contributed by atoms with van der Waals surface area (Å²) in [6.45, 7) is 2.26. The van der Waals surface area contributed by atoms with E-state index in [4.69, 9.17) is 0 Å². The Hall–Kier alpha value is -2.87. The SMILES string of the molecule is CC1(C(=O)O)CCN(C(=O)c2ccc(NC(=O)Nc3ccccc3)s2)C1. The summed E-state index contributed by atoms with van der Waals surface area (Å²) in [5, 5.41) is 15.2. The van der Waals surface area contributed by atoms with Gasteiger partial charge in [-0.1, -0.05) is 18.2 Å². The van der Waals surface area contributed by atoms with Crippen LogP contribution in [-0.2, 0) is 4.79 Å². The number of likely N-dealkylation sites (tertiary alicyclic amines) is 1. The van der Waals surface area contributed by atoms with Gasteiger partial charge in [-0.2, -0.15) is 0 Å². The first kappa shape index (κ1) is 17.9. The number of carboxylic acid groups (broad SMARTS) is 1. The molecular formula is C18H19N3O4S. The van der Waals surface area contributed by atoms with Gasteiger partial charge >= 0.3 is 12.0 Å². The van der Waals surface area contributed by atoms with Gasteiger partial charge in [-0.15, -0.1) is 11.3 Å². The first-order chi connectivity index (χ1) is 12.4. The van der Waals surface area contributed by atoms with Crippen molar-refractivity contribution in [2.24, 2.45) is 5.41 Å². The molecule has 1 fully saturated rings. The van der Waals surface area contributed by atoms with E-state index in [-0.39, 0.29) is 12.5 Å². The van der Waals surface area contributed by atoms with Crippen molar-refractivity contribution in [1.82, 2.24) is 4.90 Å².